The number of aromatic nitrogens is 1. The summed E-state index contributed by atoms with van der Waals surface area (Å²) < 4.78 is 0. The fraction of sp³-hybridized carbons (Fsp3) is 0.105. The van der Waals surface area contributed by atoms with E-state index in [2.05, 4.69) is 21.5 Å². The van der Waals surface area contributed by atoms with Gasteiger partial charge in [0.2, 0.25) is 0 Å². The number of anilines is 1. The van der Waals surface area contributed by atoms with Crippen LogP contribution >= 0.6 is 22.7 Å². The van der Waals surface area contributed by atoms with Crippen LogP contribution in [0.1, 0.15) is 25.7 Å². The van der Waals surface area contributed by atoms with Gasteiger partial charge in [0.15, 0.2) is 0 Å². The summed E-state index contributed by atoms with van der Waals surface area (Å²) in [5.74, 6) is 1.73. The Hall–Kier alpha value is -2.95. The molecule has 0 aliphatic carbocycles. The molecule has 5 nitrogen and oxygen atoms in total. The largest absolute Gasteiger partial charge is 0.341 e. The first kappa shape index (κ1) is 17.9. The Morgan fingerprint density at radius 3 is 2.77 bits per heavy atom. The van der Waals surface area contributed by atoms with Crippen molar-refractivity contribution in [3.63, 3.8) is 0 Å². The number of benzene rings is 1. The molecular formula is C19H15N3O2S2. The molecule has 0 fully saturated rings. The van der Waals surface area contributed by atoms with Crippen LogP contribution in [0.15, 0.2) is 41.1 Å². The van der Waals surface area contributed by atoms with E-state index in [9.17, 15) is 9.59 Å². The Labute approximate surface area is 159 Å². The summed E-state index contributed by atoms with van der Waals surface area (Å²) in [7, 11) is 0. The van der Waals surface area contributed by atoms with Gasteiger partial charge in [-0.15, -0.1) is 17.8 Å². The first-order chi connectivity index (χ1) is 12.6. The van der Waals surface area contributed by atoms with Crippen molar-refractivity contribution in [1.29, 1.82) is 0 Å². The third-order valence-electron chi connectivity index (χ3n) is 3.54. The average Bonchev–Trinajstić information content (AvgIpc) is 3.29. The molecule has 3 aromatic rings. The summed E-state index contributed by atoms with van der Waals surface area (Å²) in [5, 5.41) is 10.2. The molecule has 3 rings (SSSR count). The number of rotatable bonds is 5. The molecule has 0 saturated heterocycles. The molecule has 0 unspecified atom stereocenters. The maximum atomic E-state index is 12.7. The normalized spacial score (nSPS) is 10.2. The molecule has 0 atom stereocenters. The van der Waals surface area contributed by atoms with Gasteiger partial charge in [0.05, 0.1) is 23.5 Å². The minimum atomic E-state index is -0.334. The number of hydrogen-bond donors (Lipinski definition) is 2. The van der Waals surface area contributed by atoms with Gasteiger partial charge in [-0.25, -0.2) is 4.98 Å². The highest BCUT2D eigenvalue weighted by atomic mass is 32.1. The van der Waals surface area contributed by atoms with Gasteiger partial charge in [-0.05, 0) is 30.5 Å². The Morgan fingerprint density at radius 2 is 2.04 bits per heavy atom. The fourth-order valence-electron chi connectivity index (χ4n) is 2.31. The molecule has 0 radical (unpaired) electrons. The molecule has 0 saturated carbocycles. The zero-order valence-corrected chi connectivity index (χ0v) is 15.5. The fourth-order valence-corrected chi connectivity index (χ4v) is 3.99. The zero-order valence-electron chi connectivity index (χ0n) is 13.9. The van der Waals surface area contributed by atoms with Crippen LogP contribution in [0.5, 0.6) is 0 Å². The molecule has 1 aromatic carbocycles. The predicted molar refractivity (Wildman–Crippen MR) is 106 cm³/mol. The van der Waals surface area contributed by atoms with E-state index in [1.54, 1.807) is 42.5 Å². The third-order valence-corrected chi connectivity index (χ3v) is 5.43. The quantitative estimate of drug-likeness (QED) is 0.661. The van der Waals surface area contributed by atoms with Crippen molar-refractivity contribution in [1.82, 2.24) is 10.3 Å². The minimum absolute atomic E-state index is 0.124. The van der Waals surface area contributed by atoms with E-state index < -0.39 is 0 Å². The van der Waals surface area contributed by atoms with Crippen LogP contribution in [0.2, 0.25) is 0 Å². The Kier molecular flexibility index (Phi) is 5.46. The number of terminal acetylenes is 1. The predicted octanol–water partition coefficient (Wildman–Crippen LogP) is 3.80. The van der Waals surface area contributed by atoms with Gasteiger partial charge in [0, 0.05) is 10.9 Å². The number of hydrogen-bond acceptors (Lipinski definition) is 5. The van der Waals surface area contributed by atoms with Crippen LogP contribution in [0.4, 0.5) is 5.69 Å². The molecule has 2 heterocycles. The van der Waals surface area contributed by atoms with Gasteiger partial charge in [-0.2, -0.15) is 11.3 Å². The molecule has 130 valence electrons. The number of thiophene rings is 1. The molecule has 0 aliphatic rings. The van der Waals surface area contributed by atoms with Crippen molar-refractivity contribution in [3.8, 4) is 22.9 Å². The van der Waals surface area contributed by atoms with E-state index in [4.69, 9.17) is 6.42 Å². The Morgan fingerprint density at radius 1 is 1.23 bits per heavy atom. The number of nitrogens with zero attached hydrogens (tertiary/aromatic N) is 1. The summed E-state index contributed by atoms with van der Waals surface area (Å²) in [6.07, 6.45) is 5.17. The van der Waals surface area contributed by atoms with Gasteiger partial charge >= 0.3 is 0 Å². The highest BCUT2D eigenvalue weighted by molar-refractivity contribution is 7.17. The summed E-state index contributed by atoms with van der Waals surface area (Å²) in [5.41, 5.74) is 2.44. The molecule has 0 aliphatic heterocycles. The lowest BCUT2D eigenvalue weighted by Gasteiger charge is -2.10. The molecule has 0 spiro atoms. The van der Waals surface area contributed by atoms with Gasteiger partial charge in [-0.3, -0.25) is 9.59 Å². The molecule has 0 bridgehead atoms. The minimum Gasteiger partial charge on any atom is -0.341 e. The van der Waals surface area contributed by atoms with Crippen molar-refractivity contribution in [2.24, 2.45) is 0 Å². The van der Waals surface area contributed by atoms with Crippen molar-refractivity contribution in [2.75, 3.05) is 11.9 Å². The van der Waals surface area contributed by atoms with Gasteiger partial charge in [0.1, 0.15) is 9.88 Å². The molecule has 2 aromatic heterocycles. The standard InChI is InChI=1S/C19H15N3O2S2/c1-3-9-20-17(23)14-6-4-5-7-15(14)22-18(24)16-12(2)21-19(26-16)13-8-10-25-11-13/h1,4-8,10-11H,9H2,2H3,(H,20,23)(H,22,24). The number of carbonyl (C=O) groups excluding carboxylic acids is 2. The Balaban J connectivity index is 1.83. The van der Waals surface area contributed by atoms with E-state index in [-0.39, 0.29) is 18.4 Å². The first-order valence-electron chi connectivity index (χ1n) is 7.72. The maximum Gasteiger partial charge on any atom is 0.267 e. The molecule has 7 heteroatoms. The topological polar surface area (TPSA) is 71.1 Å². The maximum absolute atomic E-state index is 12.7. The summed E-state index contributed by atoms with van der Waals surface area (Å²) in [4.78, 5) is 29.9. The van der Waals surface area contributed by atoms with Crippen molar-refractivity contribution in [2.45, 2.75) is 6.92 Å². The van der Waals surface area contributed by atoms with Crippen LogP contribution in [-0.2, 0) is 0 Å². The number of para-hydroxylation sites is 1. The smallest absolute Gasteiger partial charge is 0.267 e. The van der Waals surface area contributed by atoms with Crippen LogP contribution in [-0.4, -0.2) is 23.3 Å². The lowest BCUT2D eigenvalue weighted by Crippen LogP contribution is -2.25. The lowest BCUT2D eigenvalue weighted by molar-refractivity contribution is 0.0959. The average molecular weight is 381 g/mol. The number of carbonyl (C=O) groups is 2. The third kappa shape index (κ3) is 3.82. The van der Waals surface area contributed by atoms with E-state index in [1.165, 1.54) is 11.3 Å². The molecular weight excluding hydrogens is 366 g/mol. The molecule has 2 amide bonds. The van der Waals surface area contributed by atoms with E-state index in [0.29, 0.717) is 21.8 Å². The second-order valence-corrected chi connectivity index (χ2v) is 7.11. The summed E-state index contributed by atoms with van der Waals surface area (Å²) >= 11 is 2.91. The van der Waals surface area contributed by atoms with E-state index in [1.807, 2.05) is 16.8 Å². The number of nitrogens with one attached hydrogen (secondary N) is 2. The Bertz CT molecular complexity index is 985. The van der Waals surface area contributed by atoms with E-state index >= 15 is 0 Å². The second kappa shape index (κ2) is 7.95. The highest BCUT2D eigenvalue weighted by Crippen LogP contribution is 2.30. The first-order valence-corrected chi connectivity index (χ1v) is 9.48. The number of aryl methyl sites for hydroxylation is 1. The van der Waals surface area contributed by atoms with Gasteiger partial charge in [-0.1, -0.05) is 18.1 Å². The van der Waals surface area contributed by atoms with E-state index in [0.717, 1.165) is 10.6 Å². The van der Waals surface area contributed by atoms with Crippen molar-refractivity contribution >= 4 is 40.2 Å². The second-order valence-electron chi connectivity index (χ2n) is 5.33. The van der Waals surface area contributed by atoms with Crippen LogP contribution in [0.25, 0.3) is 10.6 Å². The highest BCUT2D eigenvalue weighted by Gasteiger charge is 2.19. The monoisotopic (exact) mass is 381 g/mol. The summed E-state index contributed by atoms with van der Waals surface area (Å²) in [6, 6.07) is 8.77. The number of amides is 2. The van der Waals surface area contributed by atoms with Crippen LogP contribution in [0.3, 0.4) is 0 Å². The van der Waals surface area contributed by atoms with Gasteiger partial charge < -0.3 is 10.6 Å². The van der Waals surface area contributed by atoms with Crippen LogP contribution in [0, 0.1) is 19.3 Å². The van der Waals surface area contributed by atoms with Gasteiger partial charge in [0.25, 0.3) is 11.8 Å². The number of thiazole rings is 1. The van der Waals surface area contributed by atoms with Crippen molar-refractivity contribution in [3.05, 3.63) is 57.2 Å². The zero-order chi connectivity index (χ0) is 18.5. The molecule has 2 N–H and O–H groups in total. The van der Waals surface area contributed by atoms with Crippen molar-refractivity contribution < 1.29 is 9.59 Å². The SMILES string of the molecule is C#CCNC(=O)c1ccccc1NC(=O)c1sc(-c2ccsc2)nc1C. The summed E-state index contributed by atoms with van der Waals surface area (Å²) in [6.45, 7) is 1.92. The van der Waals surface area contributed by atoms with Crippen LogP contribution < -0.4 is 10.6 Å². The lowest BCUT2D eigenvalue weighted by atomic mass is 10.1. The molecule has 26 heavy (non-hydrogen) atoms.